The molecule has 1 aromatic carbocycles. The summed E-state index contributed by atoms with van der Waals surface area (Å²) in [4.78, 5) is 0. The van der Waals surface area contributed by atoms with Crippen LogP contribution in [0.1, 0.15) is 37.0 Å². The van der Waals surface area contributed by atoms with Crippen LogP contribution in [0.4, 0.5) is 26.3 Å². The summed E-state index contributed by atoms with van der Waals surface area (Å²) < 4.78 is 78.1. The van der Waals surface area contributed by atoms with Crippen LogP contribution in [0.2, 0.25) is 13.1 Å². The van der Waals surface area contributed by atoms with E-state index in [9.17, 15) is 26.3 Å². The molecule has 1 aliphatic carbocycles. The normalized spacial score (nSPS) is 16.6. The van der Waals surface area contributed by atoms with Crippen LogP contribution in [0.5, 0.6) is 0 Å². The minimum atomic E-state index is -4.82. The number of rotatable bonds is 2. The van der Waals surface area contributed by atoms with E-state index in [2.05, 4.69) is 13.1 Å². The van der Waals surface area contributed by atoms with Crippen molar-refractivity contribution in [2.24, 2.45) is 0 Å². The van der Waals surface area contributed by atoms with Crippen molar-refractivity contribution in [3.63, 3.8) is 0 Å². The van der Waals surface area contributed by atoms with Crippen molar-refractivity contribution in [2.75, 3.05) is 0 Å². The van der Waals surface area contributed by atoms with Crippen LogP contribution >= 0.6 is 0 Å². The molecule has 0 amide bonds. The predicted molar refractivity (Wildman–Crippen MR) is 85.2 cm³/mol. The molecule has 1 aromatic rings. The Kier molecular flexibility index (Phi) is 4.78. The lowest BCUT2D eigenvalue weighted by molar-refractivity contribution is -0.143. The Morgan fingerprint density at radius 2 is 1.25 bits per heavy atom. The minimum Gasteiger partial charge on any atom is -0.166 e. The zero-order valence-corrected chi connectivity index (χ0v) is 14.9. The quantitative estimate of drug-likeness (QED) is 0.430. The van der Waals surface area contributed by atoms with Gasteiger partial charge in [-0.2, -0.15) is 26.3 Å². The molecule has 0 heterocycles. The highest BCUT2D eigenvalue weighted by molar-refractivity contribution is 6.64. The topological polar surface area (TPSA) is 0 Å². The van der Waals surface area contributed by atoms with Crippen molar-refractivity contribution in [2.45, 2.75) is 45.7 Å². The first-order valence-electron chi connectivity index (χ1n) is 7.52. The van der Waals surface area contributed by atoms with E-state index in [0.29, 0.717) is 12.0 Å². The Morgan fingerprint density at radius 3 is 1.58 bits per heavy atom. The molecule has 7 heteroatoms. The average molecular weight is 364 g/mol. The Labute approximate surface area is 138 Å². The summed E-state index contributed by atoms with van der Waals surface area (Å²) in [5.41, 5.74) is -0.142. The first-order chi connectivity index (χ1) is 10.8. The molecular formula is C17H18F6Si. The summed E-state index contributed by atoms with van der Waals surface area (Å²) in [6.07, 6.45) is -9.19. The van der Waals surface area contributed by atoms with Gasteiger partial charge in [0.15, 0.2) is 0 Å². The summed E-state index contributed by atoms with van der Waals surface area (Å²) in [6, 6.07) is 1.82. The van der Waals surface area contributed by atoms with Crippen LogP contribution in [0.25, 0.3) is 5.57 Å². The molecule has 0 unspecified atom stereocenters. The number of hydrogen-bond donors (Lipinski definition) is 0. The monoisotopic (exact) mass is 364 g/mol. The van der Waals surface area contributed by atoms with Gasteiger partial charge in [0.1, 0.15) is 0 Å². The molecule has 0 atom stereocenters. The van der Waals surface area contributed by atoms with Crippen LogP contribution in [0.15, 0.2) is 34.5 Å². The first-order valence-corrected chi connectivity index (χ1v) is 10.4. The molecular weight excluding hydrogens is 346 g/mol. The van der Waals surface area contributed by atoms with Gasteiger partial charge in [0.25, 0.3) is 0 Å². The van der Waals surface area contributed by atoms with Gasteiger partial charge in [-0.25, -0.2) is 0 Å². The summed E-state index contributed by atoms with van der Waals surface area (Å²) in [6.45, 7) is 7.86. The van der Waals surface area contributed by atoms with E-state index in [0.717, 1.165) is 23.3 Å². The zero-order valence-electron chi connectivity index (χ0n) is 13.8. The molecule has 0 N–H and O–H groups in total. The highest BCUT2D eigenvalue weighted by Gasteiger charge is 2.37. The SMILES string of the molecule is CC1=C(c2cc(C(F)(F)F)cc(C(F)(F)F)c2)CC([SiH](C)C)=C1C. The second-order valence-electron chi connectivity index (χ2n) is 6.38. The van der Waals surface area contributed by atoms with Crippen molar-refractivity contribution in [3.05, 3.63) is 51.2 Å². The number of hydrogen-bond acceptors (Lipinski definition) is 0. The predicted octanol–water partition coefficient (Wildman–Crippen LogP) is 6.24. The summed E-state index contributed by atoms with van der Waals surface area (Å²) >= 11 is 0. The van der Waals surface area contributed by atoms with E-state index < -0.39 is 32.3 Å². The van der Waals surface area contributed by atoms with Crippen molar-refractivity contribution in [3.8, 4) is 0 Å². The lowest BCUT2D eigenvalue weighted by Crippen LogP contribution is -2.12. The molecule has 0 saturated carbocycles. The van der Waals surface area contributed by atoms with Crippen LogP contribution in [0, 0.1) is 0 Å². The molecule has 0 spiro atoms. The van der Waals surface area contributed by atoms with Crippen molar-refractivity contribution < 1.29 is 26.3 Å². The molecule has 24 heavy (non-hydrogen) atoms. The largest absolute Gasteiger partial charge is 0.416 e. The fourth-order valence-corrected chi connectivity index (χ4v) is 4.70. The molecule has 0 bridgehead atoms. The second kappa shape index (κ2) is 6.09. The number of benzene rings is 1. The van der Waals surface area contributed by atoms with Gasteiger partial charge in [0.05, 0.1) is 19.9 Å². The lowest BCUT2D eigenvalue weighted by Gasteiger charge is -2.16. The Balaban J connectivity index is 2.60. The van der Waals surface area contributed by atoms with Gasteiger partial charge >= 0.3 is 12.4 Å². The molecule has 0 aromatic heterocycles. The van der Waals surface area contributed by atoms with E-state index in [1.54, 1.807) is 6.92 Å². The first kappa shape index (κ1) is 18.8. The fraction of sp³-hybridized carbons (Fsp3) is 0.412. The second-order valence-corrected chi connectivity index (χ2v) is 9.39. The smallest absolute Gasteiger partial charge is 0.166 e. The maximum absolute atomic E-state index is 13.0. The Hall–Kier alpha value is -1.50. The highest BCUT2D eigenvalue weighted by Crippen LogP contribution is 2.43. The van der Waals surface area contributed by atoms with E-state index >= 15 is 0 Å². The fourth-order valence-electron chi connectivity index (χ4n) is 3.01. The molecule has 0 radical (unpaired) electrons. The van der Waals surface area contributed by atoms with Crippen LogP contribution < -0.4 is 0 Å². The van der Waals surface area contributed by atoms with E-state index in [4.69, 9.17) is 0 Å². The minimum absolute atomic E-state index is 0.0126. The van der Waals surface area contributed by atoms with Gasteiger partial charge in [0.2, 0.25) is 0 Å². The number of halogens is 6. The van der Waals surface area contributed by atoms with Crippen molar-refractivity contribution in [1.82, 2.24) is 0 Å². The van der Waals surface area contributed by atoms with E-state index in [1.165, 1.54) is 5.20 Å². The molecule has 0 saturated heterocycles. The van der Waals surface area contributed by atoms with Crippen LogP contribution in [-0.2, 0) is 12.4 Å². The Morgan fingerprint density at radius 1 is 0.792 bits per heavy atom. The van der Waals surface area contributed by atoms with Gasteiger partial charge in [-0.05, 0) is 55.2 Å². The van der Waals surface area contributed by atoms with E-state index in [1.807, 2.05) is 6.92 Å². The van der Waals surface area contributed by atoms with Gasteiger partial charge in [-0.15, -0.1) is 0 Å². The summed E-state index contributed by atoms with van der Waals surface area (Å²) in [7, 11) is -1.18. The third kappa shape index (κ3) is 3.60. The maximum Gasteiger partial charge on any atom is 0.416 e. The maximum atomic E-state index is 13.0. The molecule has 0 nitrogen and oxygen atoms in total. The van der Waals surface area contributed by atoms with Crippen molar-refractivity contribution >= 4 is 14.4 Å². The number of alkyl halides is 6. The van der Waals surface area contributed by atoms with Gasteiger partial charge < -0.3 is 0 Å². The van der Waals surface area contributed by atoms with Gasteiger partial charge in [-0.1, -0.05) is 23.9 Å². The standard InChI is InChI=1S/C17H18F6Si/c1-9-10(2)15(24(3)4)8-14(9)11-5-12(16(18,19)20)7-13(6-11)17(21,22)23/h5-7,24H,8H2,1-4H3. The van der Waals surface area contributed by atoms with Crippen LogP contribution in [-0.4, -0.2) is 8.80 Å². The summed E-state index contributed by atoms with van der Waals surface area (Å²) in [5.74, 6) is 0. The third-order valence-electron chi connectivity index (χ3n) is 4.50. The lowest BCUT2D eigenvalue weighted by atomic mass is 9.96. The van der Waals surface area contributed by atoms with Crippen molar-refractivity contribution in [1.29, 1.82) is 0 Å². The highest BCUT2D eigenvalue weighted by atomic mass is 28.3. The molecule has 0 fully saturated rings. The molecule has 132 valence electrons. The molecule has 0 aliphatic heterocycles. The summed E-state index contributed by atoms with van der Waals surface area (Å²) in [5, 5.41) is 1.19. The van der Waals surface area contributed by atoms with E-state index in [-0.39, 0.29) is 11.6 Å². The third-order valence-corrected chi connectivity index (χ3v) is 6.53. The van der Waals surface area contributed by atoms with Gasteiger partial charge in [0, 0.05) is 0 Å². The molecule has 1 aliphatic rings. The average Bonchev–Trinajstić information content (AvgIpc) is 2.73. The zero-order chi connectivity index (χ0) is 18.4. The van der Waals surface area contributed by atoms with Gasteiger partial charge in [-0.3, -0.25) is 0 Å². The molecule has 2 rings (SSSR count). The van der Waals surface area contributed by atoms with Crippen LogP contribution in [0.3, 0.4) is 0 Å². The number of allylic oxidation sites excluding steroid dienone is 4. The Bertz CT molecular complexity index is 687.